The fraction of sp³-hybridized carbons (Fsp3) is 0.192. The molecule has 0 spiro atoms. The van der Waals surface area contributed by atoms with E-state index in [1.165, 1.54) is 69.0 Å². The number of fused-ring (bicyclic) bond motifs is 3. The second-order valence-electron chi connectivity index (χ2n) is 15.1. The smallest absolute Gasteiger partial charge is 0.0543 e. The summed E-state index contributed by atoms with van der Waals surface area (Å²) in [6.45, 7) is 4.70. The van der Waals surface area contributed by atoms with Gasteiger partial charge in [-0.05, 0) is 120 Å². The van der Waals surface area contributed by atoms with Crippen LogP contribution in [0.15, 0.2) is 182 Å². The van der Waals surface area contributed by atoms with E-state index in [1.807, 2.05) is 0 Å². The first kappa shape index (κ1) is 33.9. The standard InChI is InChI=1S/C52H48N2/c1-3-51(4-2)47-26-15-14-25-46(47)50-48(51)27-18-28-49(50)54(43-23-12-7-13-24-43)45-35-31-40(32-36-45)52(37-16-17-38-52)39-29-33-44(34-30-39)53(41-19-8-5-9-20-41)42-21-10-6-11-22-42/h5-15,18-36H,3-4,16-17,37-38H2,1-2H3. The first-order chi connectivity index (χ1) is 26.7. The average molecular weight is 701 g/mol. The number of nitrogens with zero attached hydrogens (tertiary/aromatic N) is 2. The van der Waals surface area contributed by atoms with Crippen LogP contribution in [0.5, 0.6) is 0 Å². The summed E-state index contributed by atoms with van der Waals surface area (Å²) < 4.78 is 0. The van der Waals surface area contributed by atoms with Gasteiger partial charge in [-0.1, -0.05) is 142 Å². The highest BCUT2D eigenvalue weighted by Gasteiger charge is 2.42. The van der Waals surface area contributed by atoms with Crippen LogP contribution in [0.25, 0.3) is 11.1 Å². The van der Waals surface area contributed by atoms with E-state index in [4.69, 9.17) is 0 Å². The van der Waals surface area contributed by atoms with Crippen LogP contribution in [0, 0.1) is 0 Å². The monoisotopic (exact) mass is 700 g/mol. The van der Waals surface area contributed by atoms with Gasteiger partial charge in [0.25, 0.3) is 0 Å². The molecule has 266 valence electrons. The minimum atomic E-state index is -0.00620. The Bertz CT molecular complexity index is 2300. The zero-order valence-electron chi connectivity index (χ0n) is 31.5. The normalized spacial score (nSPS) is 15.0. The van der Waals surface area contributed by atoms with Crippen molar-refractivity contribution < 1.29 is 0 Å². The van der Waals surface area contributed by atoms with Crippen molar-refractivity contribution in [3.8, 4) is 11.1 Å². The van der Waals surface area contributed by atoms with Gasteiger partial charge in [-0.2, -0.15) is 0 Å². The van der Waals surface area contributed by atoms with E-state index in [9.17, 15) is 0 Å². The van der Waals surface area contributed by atoms with Gasteiger partial charge in [0.2, 0.25) is 0 Å². The molecule has 0 bridgehead atoms. The Balaban J connectivity index is 1.11. The first-order valence-corrected chi connectivity index (χ1v) is 19.9. The van der Waals surface area contributed by atoms with Gasteiger partial charge in [0, 0.05) is 44.8 Å². The fourth-order valence-corrected chi connectivity index (χ4v) is 9.87. The second kappa shape index (κ2) is 14.2. The quantitative estimate of drug-likeness (QED) is 0.140. The molecule has 0 saturated heterocycles. The lowest BCUT2D eigenvalue weighted by Crippen LogP contribution is -2.24. The van der Waals surface area contributed by atoms with E-state index in [-0.39, 0.29) is 10.8 Å². The number of hydrogen-bond donors (Lipinski definition) is 0. The molecule has 2 nitrogen and oxygen atoms in total. The van der Waals surface area contributed by atoms with E-state index in [2.05, 4.69) is 206 Å². The number of rotatable bonds is 10. The van der Waals surface area contributed by atoms with Crippen LogP contribution >= 0.6 is 0 Å². The Morgan fingerprint density at radius 1 is 0.407 bits per heavy atom. The summed E-state index contributed by atoms with van der Waals surface area (Å²) in [5.41, 5.74) is 15.6. The highest BCUT2D eigenvalue weighted by molar-refractivity contribution is 5.95. The maximum absolute atomic E-state index is 2.48. The largest absolute Gasteiger partial charge is 0.311 e. The molecule has 2 aliphatic rings. The predicted octanol–water partition coefficient (Wildman–Crippen LogP) is 14.6. The van der Waals surface area contributed by atoms with Crippen molar-refractivity contribution in [2.24, 2.45) is 0 Å². The van der Waals surface area contributed by atoms with Gasteiger partial charge in [0.1, 0.15) is 0 Å². The summed E-state index contributed by atoms with van der Waals surface area (Å²) >= 11 is 0. The highest BCUT2D eigenvalue weighted by atomic mass is 15.1. The Morgan fingerprint density at radius 3 is 1.35 bits per heavy atom. The summed E-state index contributed by atoms with van der Waals surface area (Å²) in [4.78, 5) is 4.83. The second-order valence-corrected chi connectivity index (χ2v) is 15.1. The van der Waals surface area contributed by atoms with E-state index in [0.29, 0.717) is 0 Å². The van der Waals surface area contributed by atoms with Crippen molar-refractivity contribution in [1.29, 1.82) is 0 Å². The van der Waals surface area contributed by atoms with E-state index >= 15 is 0 Å². The lowest BCUT2D eigenvalue weighted by atomic mass is 9.73. The highest BCUT2D eigenvalue weighted by Crippen LogP contribution is 2.57. The van der Waals surface area contributed by atoms with Crippen LogP contribution < -0.4 is 9.80 Å². The van der Waals surface area contributed by atoms with Gasteiger partial charge in [0.15, 0.2) is 0 Å². The number of benzene rings is 7. The van der Waals surface area contributed by atoms with Gasteiger partial charge < -0.3 is 9.80 Å². The topological polar surface area (TPSA) is 6.48 Å². The van der Waals surface area contributed by atoms with Gasteiger partial charge >= 0.3 is 0 Å². The van der Waals surface area contributed by atoms with Crippen molar-refractivity contribution in [2.75, 3.05) is 9.80 Å². The fourth-order valence-electron chi connectivity index (χ4n) is 9.87. The summed E-state index contributed by atoms with van der Waals surface area (Å²) in [7, 11) is 0. The number of hydrogen-bond acceptors (Lipinski definition) is 2. The van der Waals surface area contributed by atoms with E-state index in [0.717, 1.165) is 37.1 Å². The molecule has 0 aliphatic heterocycles. The summed E-state index contributed by atoms with van der Waals surface area (Å²) in [6, 6.07) is 67.4. The van der Waals surface area contributed by atoms with Crippen molar-refractivity contribution in [1.82, 2.24) is 0 Å². The molecule has 0 heterocycles. The lowest BCUT2D eigenvalue weighted by Gasteiger charge is -2.33. The third kappa shape index (κ3) is 5.55. The minimum Gasteiger partial charge on any atom is -0.311 e. The lowest BCUT2D eigenvalue weighted by molar-refractivity contribution is 0.490. The van der Waals surface area contributed by atoms with Gasteiger partial charge in [-0.25, -0.2) is 0 Å². The molecule has 7 aromatic carbocycles. The molecule has 0 N–H and O–H groups in total. The van der Waals surface area contributed by atoms with Crippen LogP contribution in [0.2, 0.25) is 0 Å². The van der Waals surface area contributed by atoms with Gasteiger partial charge in [-0.15, -0.1) is 0 Å². The number of para-hydroxylation sites is 3. The maximum Gasteiger partial charge on any atom is 0.0543 e. The molecule has 2 heteroatoms. The molecule has 1 fully saturated rings. The molecule has 9 rings (SSSR count). The van der Waals surface area contributed by atoms with Crippen molar-refractivity contribution in [3.05, 3.63) is 204 Å². The van der Waals surface area contributed by atoms with Crippen LogP contribution in [0.3, 0.4) is 0 Å². The zero-order chi connectivity index (χ0) is 36.5. The Labute approximate surface area is 321 Å². The molecule has 0 unspecified atom stereocenters. The summed E-state index contributed by atoms with van der Waals surface area (Å²) in [5, 5.41) is 0. The molecule has 54 heavy (non-hydrogen) atoms. The van der Waals surface area contributed by atoms with Crippen molar-refractivity contribution >= 4 is 34.1 Å². The SMILES string of the molecule is CCC1(CC)c2ccccc2-c2c(N(c3ccccc3)c3ccc(C4(c5ccc(N(c6ccccc6)c6ccccc6)cc5)CCCC4)cc3)cccc21. The number of anilines is 6. The van der Waals surface area contributed by atoms with Crippen LogP contribution in [-0.2, 0) is 10.8 Å². The Hall–Kier alpha value is -5.86. The molecule has 1 saturated carbocycles. The molecule has 7 aromatic rings. The van der Waals surface area contributed by atoms with Crippen LogP contribution in [0.4, 0.5) is 34.1 Å². The first-order valence-electron chi connectivity index (χ1n) is 19.9. The Morgan fingerprint density at radius 2 is 0.833 bits per heavy atom. The van der Waals surface area contributed by atoms with Gasteiger partial charge in [0.05, 0.1) is 5.69 Å². The van der Waals surface area contributed by atoms with Gasteiger partial charge in [-0.3, -0.25) is 0 Å². The Kier molecular flexibility index (Phi) is 8.91. The van der Waals surface area contributed by atoms with Crippen molar-refractivity contribution in [2.45, 2.75) is 63.2 Å². The molecular formula is C52H48N2. The third-order valence-corrected chi connectivity index (χ3v) is 12.6. The molecular weight excluding hydrogens is 653 g/mol. The maximum atomic E-state index is 2.48. The van der Waals surface area contributed by atoms with Crippen LogP contribution in [-0.4, -0.2) is 0 Å². The molecule has 0 atom stereocenters. The zero-order valence-corrected chi connectivity index (χ0v) is 31.5. The van der Waals surface area contributed by atoms with Crippen LogP contribution in [0.1, 0.15) is 74.6 Å². The average Bonchev–Trinajstić information content (AvgIpc) is 3.86. The van der Waals surface area contributed by atoms with Crippen molar-refractivity contribution in [3.63, 3.8) is 0 Å². The molecule has 0 aromatic heterocycles. The summed E-state index contributed by atoms with van der Waals surface area (Å²) in [6.07, 6.45) is 6.97. The predicted molar refractivity (Wildman–Crippen MR) is 228 cm³/mol. The molecule has 2 aliphatic carbocycles. The molecule has 0 amide bonds. The molecule has 0 radical (unpaired) electrons. The summed E-state index contributed by atoms with van der Waals surface area (Å²) in [5.74, 6) is 0. The van der Waals surface area contributed by atoms with E-state index in [1.54, 1.807) is 0 Å². The van der Waals surface area contributed by atoms with E-state index < -0.39 is 0 Å². The minimum absolute atomic E-state index is 0.00620. The third-order valence-electron chi connectivity index (χ3n) is 12.6.